The lowest BCUT2D eigenvalue weighted by Gasteiger charge is -2.25. The molecule has 4 nitrogen and oxygen atoms in total. The third kappa shape index (κ3) is 5.67. The van der Waals surface area contributed by atoms with Crippen LogP contribution in [0.2, 0.25) is 0 Å². The molecule has 8 aromatic carbocycles. The largest absolute Gasteiger partial charge is 0.456 e. The molecule has 0 radical (unpaired) electrons. The van der Waals surface area contributed by atoms with Crippen LogP contribution in [-0.2, 0) is 0 Å². The van der Waals surface area contributed by atoms with Crippen LogP contribution in [0.1, 0.15) is 22.7 Å². The zero-order valence-corrected chi connectivity index (χ0v) is 30.3. The highest BCUT2D eigenvalue weighted by molar-refractivity contribution is 6.08. The van der Waals surface area contributed by atoms with Crippen LogP contribution in [0.5, 0.6) is 0 Å². The fourth-order valence-electron chi connectivity index (χ4n) is 8.05. The summed E-state index contributed by atoms with van der Waals surface area (Å²) >= 11 is 0. The highest BCUT2D eigenvalue weighted by Gasteiger charge is 2.21. The zero-order valence-electron chi connectivity index (χ0n) is 30.3. The first-order valence-electron chi connectivity index (χ1n) is 19.0. The predicted molar refractivity (Wildman–Crippen MR) is 231 cm³/mol. The number of benzene rings is 8. The van der Waals surface area contributed by atoms with Gasteiger partial charge in [-0.3, -0.25) is 0 Å². The minimum Gasteiger partial charge on any atom is -0.456 e. The lowest BCUT2D eigenvalue weighted by molar-refractivity contribution is 0.668. The molecule has 1 aliphatic rings. The molecule has 0 saturated heterocycles. The van der Waals surface area contributed by atoms with Crippen molar-refractivity contribution in [2.75, 3.05) is 0 Å². The van der Waals surface area contributed by atoms with E-state index < -0.39 is 0 Å². The number of hydrogen-bond donors (Lipinski definition) is 1. The third-order valence-corrected chi connectivity index (χ3v) is 10.9. The van der Waals surface area contributed by atoms with Gasteiger partial charge in [0, 0.05) is 32.7 Å². The Morgan fingerprint density at radius 2 is 0.821 bits per heavy atom. The van der Waals surface area contributed by atoms with Crippen LogP contribution < -0.4 is 5.32 Å². The maximum Gasteiger partial charge on any atom is 0.135 e. The Kier molecular flexibility index (Phi) is 7.52. The average molecular weight is 719 g/mol. The zero-order chi connectivity index (χ0) is 37.0. The van der Waals surface area contributed by atoms with Gasteiger partial charge in [-0.15, -0.1) is 0 Å². The second-order valence-corrected chi connectivity index (χ2v) is 14.4. The normalized spacial score (nSPS) is 14.2. The molecule has 1 N–H and O–H groups in total. The molecule has 1 atom stereocenters. The first kappa shape index (κ1) is 32.0. The van der Waals surface area contributed by atoms with Gasteiger partial charge in [0.15, 0.2) is 0 Å². The van der Waals surface area contributed by atoms with Crippen molar-refractivity contribution in [1.29, 1.82) is 0 Å². The first-order valence-corrected chi connectivity index (χ1v) is 19.0. The predicted octanol–water partition coefficient (Wildman–Crippen LogP) is 13.6. The summed E-state index contributed by atoms with van der Waals surface area (Å²) in [5, 5.41) is 8.17. The Labute approximate surface area is 323 Å². The molecule has 4 heteroatoms. The fourth-order valence-corrected chi connectivity index (χ4v) is 8.05. The van der Waals surface area contributed by atoms with Crippen LogP contribution in [0.3, 0.4) is 0 Å². The standard InChI is InChI=1S/C52H34N2O2/c1-3-11-33(12-4-1)34-19-21-35(22-20-34)46-32-47(54-52(53-46)36-13-5-2-6-14-36)41-28-39(37-23-25-50-44(30-37)42-15-7-9-17-48(42)55-50)27-40(29-41)38-24-26-51-45(31-38)43-16-8-10-18-49(43)56-51/h1-32,46H,(H,53,54). The summed E-state index contributed by atoms with van der Waals surface area (Å²) in [6, 6.07) is 66.0. The lowest BCUT2D eigenvalue weighted by Crippen LogP contribution is -2.31. The van der Waals surface area contributed by atoms with E-state index in [9.17, 15) is 0 Å². The molecule has 11 rings (SSSR count). The molecule has 264 valence electrons. The number of amidine groups is 1. The molecular weight excluding hydrogens is 685 g/mol. The quantitative estimate of drug-likeness (QED) is 0.186. The summed E-state index contributed by atoms with van der Waals surface area (Å²) in [4.78, 5) is 5.33. The van der Waals surface area contributed by atoms with Gasteiger partial charge >= 0.3 is 0 Å². The molecule has 0 bridgehead atoms. The number of para-hydroxylation sites is 2. The van der Waals surface area contributed by atoms with Gasteiger partial charge < -0.3 is 14.2 Å². The topological polar surface area (TPSA) is 50.7 Å². The third-order valence-electron chi connectivity index (χ3n) is 10.9. The van der Waals surface area contributed by atoms with Gasteiger partial charge in [0.25, 0.3) is 0 Å². The van der Waals surface area contributed by atoms with E-state index >= 15 is 0 Å². The molecule has 2 aromatic heterocycles. The molecule has 0 aliphatic carbocycles. The van der Waals surface area contributed by atoms with E-state index in [4.69, 9.17) is 13.8 Å². The van der Waals surface area contributed by atoms with Gasteiger partial charge in [-0.25, -0.2) is 4.99 Å². The number of nitrogens with zero attached hydrogens (tertiary/aromatic N) is 1. The van der Waals surface area contributed by atoms with Crippen molar-refractivity contribution >= 4 is 55.4 Å². The van der Waals surface area contributed by atoms with Crippen LogP contribution in [-0.4, -0.2) is 5.84 Å². The minimum absolute atomic E-state index is 0.100. The molecule has 3 heterocycles. The maximum atomic E-state index is 6.22. The van der Waals surface area contributed by atoms with Crippen molar-refractivity contribution in [3.63, 3.8) is 0 Å². The molecule has 0 spiro atoms. The molecule has 10 aromatic rings. The van der Waals surface area contributed by atoms with E-state index in [-0.39, 0.29) is 6.04 Å². The average Bonchev–Trinajstić information content (AvgIpc) is 3.84. The first-order chi connectivity index (χ1) is 27.7. The molecular formula is C52H34N2O2. The summed E-state index contributed by atoms with van der Waals surface area (Å²) < 4.78 is 12.4. The van der Waals surface area contributed by atoms with Crippen molar-refractivity contribution in [2.24, 2.45) is 4.99 Å². The van der Waals surface area contributed by atoms with E-state index in [1.807, 2.05) is 30.3 Å². The SMILES string of the molecule is C1=C(c2cc(-c3ccc4oc5ccccc5c4c3)cc(-c3ccc4oc5ccccc5c4c3)c2)N=C(c2ccccc2)NC1c1ccc(-c2ccccc2)cc1. The molecule has 56 heavy (non-hydrogen) atoms. The summed E-state index contributed by atoms with van der Waals surface area (Å²) in [7, 11) is 0. The fraction of sp³-hybridized carbons (Fsp3) is 0.0192. The van der Waals surface area contributed by atoms with Gasteiger partial charge in [0.2, 0.25) is 0 Å². The Morgan fingerprint density at radius 3 is 1.41 bits per heavy atom. The van der Waals surface area contributed by atoms with Crippen LogP contribution in [0.15, 0.2) is 208 Å². The smallest absolute Gasteiger partial charge is 0.135 e. The van der Waals surface area contributed by atoms with Crippen LogP contribution in [0.25, 0.3) is 83.0 Å². The Hall–Kier alpha value is -7.43. The van der Waals surface area contributed by atoms with Crippen molar-refractivity contribution in [1.82, 2.24) is 5.32 Å². The van der Waals surface area contributed by atoms with Gasteiger partial charge in [0.1, 0.15) is 28.2 Å². The summed E-state index contributed by atoms with van der Waals surface area (Å²) in [6.07, 6.45) is 2.26. The number of fused-ring (bicyclic) bond motifs is 6. The highest BCUT2D eigenvalue weighted by atomic mass is 16.3. The number of nitrogens with one attached hydrogen (secondary N) is 1. The van der Waals surface area contributed by atoms with E-state index in [0.29, 0.717) is 0 Å². The summed E-state index contributed by atoms with van der Waals surface area (Å²) in [5.74, 6) is 0.838. The molecule has 0 amide bonds. The Morgan fingerprint density at radius 1 is 0.357 bits per heavy atom. The number of hydrogen-bond acceptors (Lipinski definition) is 4. The monoisotopic (exact) mass is 718 g/mol. The number of rotatable bonds is 6. The van der Waals surface area contributed by atoms with Gasteiger partial charge in [0.05, 0.1) is 11.7 Å². The molecule has 1 aliphatic heterocycles. The van der Waals surface area contributed by atoms with Crippen LogP contribution >= 0.6 is 0 Å². The molecule has 1 unspecified atom stereocenters. The molecule has 0 saturated carbocycles. The van der Waals surface area contributed by atoms with Gasteiger partial charge in [-0.05, 0) is 99.6 Å². The second kappa shape index (κ2) is 13.2. The Bertz CT molecular complexity index is 3020. The second-order valence-electron chi connectivity index (χ2n) is 14.4. The van der Waals surface area contributed by atoms with Crippen molar-refractivity contribution in [3.8, 4) is 33.4 Å². The highest BCUT2D eigenvalue weighted by Crippen LogP contribution is 2.39. The van der Waals surface area contributed by atoms with Gasteiger partial charge in [-0.1, -0.05) is 133 Å². The number of furan rings is 2. The van der Waals surface area contributed by atoms with Crippen molar-refractivity contribution in [3.05, 3.63) is 211 Å². The maximum absolute atomic E-state index is 6.22. The van der Waals surface area contributed by atoms with Crippen LogP contribution in [0, 0.1) is 0 Å². The van der Waals surface area contributed by atoms with E-state index in [2.05, 4.69) is 169 Å². The minimum atomic E-state index is -0.100. The summed E-state index contributed by atoms with van der Waals surface area (Å²) in [6.45, 7) is 0. The molecule has 0 fully saturated rings. The van der Waals surface area contributed by atoms with E-state index in [0.717, 1.165) is 94.4 Å². The van der Waals surface area contributed by atoms with Crippen molar-refractivity contribution in [2.45, 2.75) is 6.04 Å². The number of aliphatic imine (C=N–C) groups is 1. The van der Waals surface area contributed by atoms with Crippen LogP contribution in [0.4, 0.5) is 0 Å². The van der Waals surface area contributed by atoms with E-state index in [1.54, 1.807) is 0 Å². The Balaban J connectivity index is 1.09. The van der Waals surface area contributed by atoms with E-state index in [1.165, 1.54) is 11.1 Å². The summed E-state index contributed by atoms with van der Waals surface area (Å²) in [5.41, 5.74) is 14.5. The lowest BCUT2D eigenvalue weighted by atomic mass is 9.92. The van der Waals surface area contributed by atoms with Gasteiger partial charge in [-0.2, -0.15) is 0 Å². The van der Waals surface area contributed by atoms with Crippen molar-refractivity contribution < 1.29 is 8.83 Å².